The number of thiazole rings is 1. The van der Waals surface area contributed by atoms with Gasteiger partial charge in [-0.15, -0.1) is 11.3 Å². The number of aromatic nitrogens is 1. The van der Waals surface area contributed by atoms with Crippen LogP contribution in [0.25, 0.3) is 0 Å². The van der Waals surface area contributed by atoms with Gasteiger partial charge in [0.05, 0.1) is 11.9 Å². The Bertz CT molecular complexity index is 472. The van der Waals surface area contributed by atoms with Gasteiger partial charge in [-0.25, -0.2) is 4.98 Å². The number of anilines is 1. The number of nitrogens with zero attached hydrogens (tertiary/aromatic N) is 2. The number of furan rings is 1. The van der Waals surface area contributed by atoms with Crippen molar-refractivity contribution in [3.63, 3.8) is 0 Å². The van der Waals surface area contributed by atoms with E-state index < -0.39 is 0 Å². The highest BCUT2D eigenvalue weighted by atomic mass is 32.1. The van der Waals surface area contributed by atoms with Gasteiger partial charge in [-0.3, -0.25) is 5.43 Å². The summed E-state index contributed by atoms with van der Waals surface area (Å²) in [6.45, 7) is 3.84. The molecule has 0 bridgehead atoms. The quantitative estimate of drug-likeness (QED) is 0.640. The van der Waals surface area contributed by atoms with Crippen molar-refractivity contribution >= 4 is 22.7 Å². The highest BCUT2D eigenvalue weighted by molar-refractivity contribution is 7.13. The molecule has 2 aromatic heterocycles. The number of hydrazone groups is 1. The van der Waals surface area contributed by atoms with E-state index in [1.165, 1.54) is 11.3 Å². The summed E-state index contributed by atoms with van der Waals surface area (Å²) in [6.07, 6.45) is 1.63. The van der Waals surface area contributed by atoms with Crippen LogP contribution < -0.4 is 5.43 Å². The maximum absolute atomic E-state index is 5.32. The summed E-state index contributed by atoms with van der Waals surface area (Å²) < 4.78 is 5.32. The predicted molar refractivity (Wildman–Crippen MR) is 61.5 cm³/mol. The SMILES string of the molecule is Cc1csc(N/N=C\c2ccc(C)o2)n1. The molecular formula is C10H11N3OS. The van der Waals surface area contributed by atoms with Gasteiger partial charge in [-0.05, 0) is 26.0 Å². The summed E-state index contributed by atoms with van der Waals surface area (Å²) >= 11 is 1.52. The molecule has 0 aromatic carbocycles. The lowest BCUT2D eigenvalue weighted by Gasteiger charge is -1.90. The molecule has 5 heteroatoms. The van der Waals surface area contributed by atoms with Gasteiger partial charge in [0.1, 0.15) is 11.5 Å². The smallest absolute Gasteiger partial charge is 0.203 e. The Morgan fingerprint density at radius 3 is 2.93 bits per heavy atom. The fourth-order valence-electron chi connectivity index (χ4n) is 1.08. The van der Waals surface area contributed by atoms with Crippen LogP contribution in [0, 0.1) is 13.8 Å². The van der Waals surface area contributed by atoms with Crippen LogP contribution in [0.3, 0.4) is 0 Å². The zero-order valence-electron chi connectivity index (χ0n) is 8.52. The normalized spacial score (nSPS) is 11.1. The maximum atomic E-state index is 5.32. The molecule has 0 aliphatic heterocycles. The lowest BCUT2D eigenvalue weighted by atomic mass is 10.4. The topological polar surface area (TPSA) is 50.4 Å². The largest absolute Gasteiger partial charge is 0.460 e. The minimum absolute atomic E-state index is 0.730. The summed E-state index contributed by atoms with van der Waals surface area (Å²) in [5.41, 5.74) is 3.83. The van der Waals surface area contributed by atoms with E-state index in [0.29, 0.717) is 0 Å². The first-order valence-electron chi connectivity index (χ1n) is 4.52. The lowest BCUT2D eigenvalue weighted by Crippen LogP contribution is -1.88. The van der Waals surface area contributed by atoms with Gasteiger partial charge in [0.25, 0.3) is 0 Å². The first-order chi connectivity index (χ1) is 7.24. The molecule has 1 N–H and O–H groups in total. The van der Waals surface area contributed by atoms with Gasteiger partial charge in [-0.1, -0.05) is 0 Å². The first-order valence-corrected chi connectivity index (χ1v) is 5.39. The van der Waals surface area contributed by atoms with Crippen molar-refractivity contribution in [3.05, 3.63) is 34.7 Å². The Morgan fingerprint density at radius 1 is 1.47 bits per heavy atom. The molecular weight excluding hydrogens is 210 g/mol. The van der Waals surface area contributed by atoms with E-state index >= 15 is 0 Å². The Hall–Kier alpha value is -1.62. The molecule has 4 nitrogen and oxygen atoms in total. The van der Waals surface area contributed by atoms with Crippen molar-refractivity contribution in [2.24, 2.45) is 5.10 Å². The zero-order valence-corrected chi connectivity index (χ0v) is 9.34. The third-order valence-electron chi connectivity index (χ3n) is 1.73. The molecule has 2 aromatic rings. The Balaban J connectivity index is 1.96. The molecule has 0 aliphatic rings. The molecule has 0 spiro atoms. The van der Waals surface area contributed by atoms with Crippen LogP contribution in [0.15, 0.2) is 27.0 Å². The zero-order chi connectivity index (χ0) is 10.7. The van der Waals surface area contributed by atoms with Crippen molar-refractivity contribution in [3.8, 4) is 0 Å². The number of hydrogen-bond donors (Lipinski definition) is 1. The summed E-state index contributed by atoms with van der Waals surface area (Å²) in [7, 11) is 0. The number of rotatable bonds is 3. The average molecular weight is 221 g/mol. The monoisotopic (exact) mass is 221 g/mol. The van der Waals surface area contributed by atoms with Crippen molar-refractivity contribution in [1.29, 1.82) is 0 Å². The predicted octanol–water partition coefficient (Wildman–Crippen LogP) is 2.80. The molecule has 0 aliphatic carbocycles. The second-order valence-corrected chi connectivity index (χ2v) is 3.97. The average Bonchev–Trinajstić information content (AvgIpc) is 2.76. The van der Waals surface area contributed by atoms with Crippen molar-refractivity contribution < 1.29 is 4.42 Å². The van der Waals surface area contributed by atoms with Gasteiger partial charge in [0, 0.05) is 5.38 Å². The molecule has 0 fully saturated rings. The fraction of sp³-hybridized carbons (Fsp3) is 0.200. The Morgan fingerprint density at radius 2 is 2.33 bits per heavy atom. The van der Waals surface area contributed by atoms with Crippen molar-refractivity contribution in [1.82, 2.24) is 4.98 Å². The van der Waals surface area contributed by atoms with Gasteiger partial charge in [-0.2, -0.15) is 5.10 Å². The van der Waals surface area contributed by atoms with Crippen LogP contribution in [0.1, 0.15) is 17.2 Å². The van der Waals surface area contributed by atoms with Crippen LogP contribution in [-0.2, 0) is 0 Å². The van der Waals surface area contributed by atoms with Gasteiger partial charge >= 0.3 is 0 Å². The van der Waals surface area contributed by atoms with E-state index in [1.807, 2.05) is 31.4 Å². The minimum atomic E-state index is 0.730. The molecule has 0 unspecified atom stereocenters. The number of hydrogen-bond acceptors (Lipinski definition) is 5. The van der Waals surface area contributed by atoms with Gasteiger partial charge in [0.2, 0.25) is 5.13 Å². The van der Waals surface area contributed by atoms with Crippen LogP contribution in [0.2, 0.25) is 0 Å². The fourth-order valence-corrected chi connectivity index (χ4v) is 1.72. The van der Waals surface area contributed by atoms with Crippen molar-refractivity contribution in [2.75, 3.05) is 5.43 Å². The summed E-state index contributed by atoms with van der Waals surface area (Å²) in [4.78, 5) is 4.21. The van der Waals surface area contributed by atoms with E-state index in [-0.39, 0.29) is 0 Å². The minimum Gasteiger partial charge on any atom is -0.460 e. The number of aryl methyl sites for hydroxylation is 2. The van der Waals surface area contributed by atoms with E-state index in [0.717, 1.165) is 22.3 Å². The summed E-state index contributed by atoms with van der Waals surface area (Å²) in [6, 6.07) is 3.77. The second-order valence-electron chi connectivity index (χ2n) is 3.11. The molecule has 0 amide bonds. The molecule has 15 heavy (non-hydrogen) atoms. The summed E-state index contributed by atoms with van der Waals surface area (Å²) in [5, 5.41) is 6.77. The highest BCUT2D eigenvalue weighted by Crippen LogP contribution is 2.14. The van der Waals surface area contributed by atoms with Crippen LogP contribution in [0.5, 0.6) is 0 Å². The summed E-state index contributed by atoms with van der Waals surface area (Å²) in [5.74, 6) is 1.61. The molecule has 0 saturated heterocycles. The van der Waals surface area contributed by atoms with Gasteiger partial charge in [0.15, 0.2) is 0 Å². The van der Waals surface area contributed by atoms with Crippen LogP contribution >= 0.6 is 11.3 Å². The molecule has 0 saturated carbocycles. The van der Waals surface area contributed by atoms with Crippen LogP contribution in [0.4, 0.5) is 5.13 Å². The number of nitrogens with one attached hydrogen (secondary N) is 1. The van der Waals surface area contributed by atoms with E-state index in [2.05, 4.69) is 15.5 Å². The third kappa shape index (κ3) is 2.66. The first kappa shape index (κ1) is 9.92. The van der Waals surface area contributed by atoms with E-state index in [4.69, 9.17) is 4.42 Å². The van der Waals surface area contributed by atoms with E-state index in [1.54, 1.807) is 6.21 Å². The Kier molecular flexibility index (Phi) is 2.82. The molecule has 0 atom stereocenters. The second kappa shape index (κ2) is 4.27. The van der Waals surface area contributed by atoms with Crippen LogP contribution in [-0.4, -0.2) is 11.2 Å². The maximum Gasteiger partial charge on any atom is 0.203 e. The molecule has 0 radical (unpaired) electrons. The Labute approximate surface area is 91.7 Å². The van der Waals surface area contributed by atoms with Crippen molar-refractivity contribution in [2.45, 2.75) is 13.8 Å². The molecule has 78 valence electrons. The van der Waals surface area contributed by atoms with Gasteiger partial charge < -0.3 is 4.42 Å². The highest BCUT2D eigenvalue weighted by Gasteiger charge is 1.96. The molecule has 2 rings (SSSR count). The lowest BCUT2D eigenvalue weighted by molar-refractivity contribution is 0.528. The van der Waals surface area contributed by atoms with E-state index in [9.17, 15) is 0 Å². The molecule has 2 heterocycles. The standard InChI is InChI=1S/C10H11N3OS/c1-7-6-15-10(12-7)13-11-5-9-4-3-8(2)14-9/h3-6H,1-2H3,(H,12,13)/b11-5-. The third-order valence-corrected chi connectivity index (χ3v) is 2.60.